The Kier molecular flexibility index (Phi) is 4.06. The molecule has 21 heavy (non-hydrogen) atoms. The van der Waals surface area contributed by atoms with Gasteiger partial charge in [-0.3, -0.25) is 4.79 Å². The van der Waals surface area contributed by atoms with E-state index < -0.39 is 0 Å². The third-order valence-electron chi connectivity index (χ3n) is 4.12. The second-order valence-electron chi connectivity index (χ2n) is 6.26. The number of hydrogen-bond acceptors (Lipinski definition) is 5. The molecule has 0 saturated heterocycles. The minimum atomic E-state index is 0.0931. The van der Waals surface area contributed by atoms with Gasteiger partial charge in [-0.1, -0.05) is 18.3 Å². The summed E-state index contributed by atoms with van der Waals surface area (Å²) in [5.74, 6) is 1.20. The predicted molar refractivity (Wildman–Crippen MR) is 86.9 cm³/mol. The summed E-state index contributed by atoms with van der Waals surface area (Å²) >= 11 is 1.44. The first kappa shape index (κ1) is 14.6. The van der Waals surface area contributed by atoms with Crippen LogP contribution in [0, 0.1) is 5.92 Å². The van der Waals surface area contributed by atoms with E-state index in [-0.39, 0.29) is 5.91 Å². The molecule has 1 heterocycles. The third-order valence-corrected chi connectivity index (χ3v) is 5.30. The number of thiazole rings is 1. The van der Waals surface area contributed by atoms with Crippen molar-refractivity contribution in [3.63, 3.8) is 0 Å². The third kappa shape index (κ3) is 3.31. The molecule has 2 saturated carbocycles. The lowest BCUT2D eigenvalue weighted by Gasteiger charge is -2.21. The molecule has 0 bridgehead atoms. The lowest BCUT2D eigenvalue weighted by molar-refractivity contribution is 0.0740. The van der Waals surface area contributed by atoms with Gasteiger partial charge >= 0.3 is 0 Å². The average molecular weight is 308 g/mol. The zero-order valence-electron chi connectivity index (χ0n) is 12.8. The molecule has 0 aliphatic heterocycles. The Morgan fingerprint density at radius 1 is 1.38 bits per heavy atom. The van der Waals surface area contributed by atoms with Crippen LogP contribution in [0.2, 0.25) is 0 Å². The Morgan fingerprint density at radius 3 is 2.67 bits per heavy atom. The van der Waals surface area contributed by atoms with Crippen molar-refractivity contribution >= 4 is 28.2 Å². The predicted octanol–water partition coefficient (Wildman–Crippen LogP) is 2.59. The van der Waals surface area contributed by atoms with Gasteiger partial charge in [-0.15, -0.1) is 0 Å². The molecule has 1 aromatic rings. The van der Waals surface area contributed by atoms with Gasteiger partial charge in [-0.05, 0) is 38.0 Å². The lowest BCUT2D eigenvalue weighted by atomic mass is 10.3. The first-order valence-electron chi connectivity index (χ1n) is 7.88. The van der Waals surface area contributed by atoms with Crippen LogP contribution in [0.15, 0.2) is 0 Å². The van der Waals surface area contributed by atoms with E-state index in [2.05, 4.69) is 16.8 Å². The Balaban J connectivity index is 1.76. The maximum Gasteiger partial charge on any atom is 0.268 e. The highest BCUT2D eigenvalue weighted by Gasteiger charge is 2.38. The van der Waals surface area contributed by atoms with Crippen molar-refractivity contribution in [3.05, 3.63) is 4.88 Å². The van der Waals surface area contributed by atoms with E-state index >= 15 is 0 Å². The minimum absolute atomic E-state index is 0.0931. The smallest absolute Gasteiger partial charge is 0.268 e. The first-order valence-corrected chi connectivity index (χ1v) is 8.70. The molecule has 0 radical (unpaired) electrons. The molecular formula is C15H24N4OS. The number of nitrogens with two attached hydrogens (primary N) is 1. The summed E-state index contributed by atoms with van der Waals surface area (Å²) in [6.07, 6.45) is 5.85. The minimum Gasteiger partial charge on any atom is -0.382 e. The average Bonchev–Trinajstić information content (AvgIpc) is 3.34. The number of rotatable bonds is 7. The molecule has 0 aromatic carbocycles. The van der Waals surface area contributed by atoms with Crippen molar-refractivity contribution in [2.24, 2.45) is 5.92 Å². The van der Waals surface area contributed by atoms with E-state index in [1.807, 2.05) is 11.9 Å². The molecule has 2 fully saturated rings. The fourth-order valence-corrected chi connectivity index (χ4v) is 3.49. The van der Waals surface area contributed by atoms with Crippen molar-refractivity contribution in [1.29, 1.82) is 0 Å². The van der Waals surface area contributed by atoms with E-state index in [1.54, 1.807) is 0 Å². The van der Waals surface area contributed by atoms with Crippen molar-refractivity contribution in [3.8, 4) is 0 Å². The molecule has 0 atom stereocenters. The summed E-state index contributed by atoms with van der Waals surface area (Å²) in [5.41, 5.74) is 6.01. The number of amides is 1. The number of aromatic nitrogens is 1. The van der Waals surface area contributed by atoms with Gasteiger partial charge in [-0.2, -0.15) is 0 Å². The zero-order chi connectivity index (χ0) is 15.0. The summed E-state index contributed by atoms with van der Waals surface area (Å²) in [4.78, 5) is 21.9. The molecule has 3 rings (SSSR count). The Labute approximate surface area is 130 Å². The summed E-state index contributed by atoms with van der Waals surface area (Å²) in [6.45, 7) is 3.96. The highest BCUT2D eigenvalue weighted by atomic mass is 32.1. The van der Waals surface area contributed by atoms with Crippen LogP contribution in [0.25, 0.3) is 0 Å². The van der Waals surface area contributed by atoms with Crippen LogP contribution in [0.4, 0.5) is 10.9 Å². The second kappa shape index (κ2) is 5.83. The highest BCUT2D eigenvalue weighted by Crippen LogP contribution is 2.37. The topological polar surface area (TPSA) is 62.5 Å². The number of hydrogen-bond donors (Lipinski definition) is 1. The summed E-state index contributed by atoms with van der Waals surface area (Å²) < 4.78 is 0. The van der Waals surface area contributed by atoms with Crippen molar-refractivity contribution in [2.45, 2.75) is 45.1 Å². The van der Waals surface area contributed by atoms with Gasteiger partial charge in [-0.25, -0.2) is 4.98 Å². The van der Waals surface area contributed by atoms with Crippen LogP contribution >= 0.6 is 11.3 Å². The van der Waals surface area contributed by atoms with Crippen molar-refractivity contribution in [1.82, 2.24) is 9.88 Å². The lowest BCUT2D eigenvalue weighted by Crippen LogP contribution is -2.34. The van der Waals surface area contributed by atoms with E-state index in [1.165, 1.54) is 24.2 Å². The van der Waals surface area contributed by atoms with E-state index in [9.17, 15) is 4.79 Å². The SMILES string of the molecule is CCCN(C)c1nc(N)c(C(=O)N(CC2CC2)C2CC2)s1. The van der Waals surface area contributed by atoms with Gasteiger partial charge in [0.25, 0.3) is 5.91 Å². The van der Waals surface area contributed by atoms with Crippen LogP contribution < -0.4 is 10.6 Å². The molecule has 1 amide bonds. The van der Waals surface area contributed by atoms with E-state index in [0.717, 1.165) is 37.5 Å². The standard InChI is InChI=1S/C15H24N4OS/c1-3-8-18(2)15-17-13(16)12(21-15)14(20)19(11-6-7-11)9-10-4-5-10/h10-11H,3-9,16H2,1-2H3. The molecule has 116 valence electrons. The van der Waals surface area contributed by atoms with Crippen LogP contribution in [0.5, 0.6) is 0 Å². The largest absolute Gasteiger partial charge is 0.382 e. The maximum atomic E-state index is 12.8. The normalized spacial score (nSPS) is 17.8. The molecule has 5 nitrogen and oxygen atoms in total. The quantitative estimate of drug-likeness (QED) is 0.841. The van der Waals surface area contributed by atoms with Crippen LogP contribution in [0.3, 0.4) is 0 Å². The Hall–Kier alpha value is -1.30. The van der Waals surface area contributed by atoms with Crippen molar-refractivity contribution < 1.29 is 4.79 Å². The molecule has 0 unspecified atom stereocenters. The van der Waals surface area contributed by atoms with Gasteiger partial charge < -0.3 is 15.5 Å². The van der Waals surface area contributed by atoms with Gasteiger partial charge in [0.1, 0.15) is 10.7 Å². The van der Waals surface area contributed by atoms with Gasteiger partial charge in [0, 0.05) is 26.2 Å². The Morgan fingerprint density at radius 2 is 2.10 bits per heavy atom. The zero-order valence-corrected chi connectivity index (χ0v) is 13.7. The summed E-state index contributed by atoms with van der Waals surface area (Å²) in [6, 6.07) is 0.441. The monoisotopic (exact) mass is 308 g/mol. The molecular weight excluding hydrogens is 284 g/mol. The number of carbonyl (C=O) groups is 1. The number of nitrogen functional groups attached to an aromatic ring is 1. The van der Waals surface area contributed by atoms with Crippen LogP contribution in [0.1, 0.15) is 48.7 Å². The van der Waals surface area contributed by atoms with Gasteiger partial charge in [0.15, 0.2) is 5.13 Å². The van der Waals surface area contributed by atoms with E-state index in [4.69, 9.17) is 5.73 Å². The number of carbonyl (C=O) groups excluding carboxylic acids is 1. The number of anilines is 2. The maximum absolute atomic E-state index is 12.8. The molecule has 6 heteroatoms. The highest BCUT2D eigenvalue weighted by molar-refractivity contribution is 7.18. The first-order chi connectivity index (χ1) is 10.1. The van der Waals surface area contributed by atoms with Crippen LogP contribution in [-0.2, 0) is 0 Å². The van der Waals surface area contributed by atoms with Crippen LogP contribution in [-0.4, -0.2) is 42.0 Å². The Bertz CT molecular complexity index is 522. The van der Waals surface area contributed by atoms with E-state index in [0.29, 0.717) is 22.7 Å². The number of nitrogens with zero attached hydrogens (tertiary/aromatic N) is 3. The van der Waals surface area contributed by atoms with Gasteiger partial charge in [0.05, 0.1) is 0 Å². The molecule has 2 N–H and O–H groups in total. The fourth-order valence-electron chi connectivity index (χ4n) is 2.56. The second-order valence-corrected chi connectivity index (χ2v) is 7.24. The molecule has 0 spiro atoms. The summed E-state index contributed by atoms with van der Waals surface area (Å²) in [7, 11) is 2.00. The fraction of sp³-hybridized carbons (Fsp3) is 0.733. The molecule has 1 aromatic heterocycles. The molecule has 2 aliphatic rings. The van der Waals surface area contributed by atoms with Gasteiger partial charge in [0.2, 0.25) is 0 Å². The van der Waals surface area contributed by atoms with Crippen molar-refractivity contribution in [2.75, 3.05) is 30.8 Å². The summed E-state index contributed by atoms with van der Waals surface area (Å²) in [5, 5.41) is 0.847. The molecule has 2 aliphatic carbocycles.